The van der Waals surface area contributed by atoms with E-state index < -0.39 is 0 Å². The number of carbonyl (C=O) groups excluding carboxylic acids is 1. The van der Waals surface area contributed by atoms with E-state index in [0.717, 1.165) is 24.0 Å². The molecule has 6 heteroatoms. The zero-order valence-corrected chi connectivity index (χ0v) is 13.1. The van der Waals surface area contributed by atoms with Crippen LogP contribution < -0.4 is 10.6 Å². The van der Waals surface area contributed by atoms with Gasteiger partial charge in [-0.2, -0.15) is 0 Å². The maximum Gasteiger partial charge on any atom is 0.271 e. The van der Waals surface area contributed by atoms with Crippen molar-refractivity contribution >= 4 is 34.2 Å². The van der Waals surface area contributed by atoms with Gasteiger partial charge in [0.25, 0.3) is 5.91 Å². The second-order valence-corrected chi connectivity index (χ2v) is 5.45. The van der Waals surface area contributed by atoms with Crippen molar-refractivity contribution in [1.82, 2.24) is 15.6 Å². The molecule has 1 aliphatic heterocycles. The van der Waals surface area contributed by atoms with Crippen molar-refractivity contribution in [3.8, 4) is 0 Å². The lowest BCUT2D eigenvalue weighted by atomic mass is 9.96. The summed E-state index contributed by atoms with van der Waals surface area (Å²) in [5, 5.41) is 6.31. The Bertz CT molecular complexity index is 411. The van der Waals surface area contributed by atoms with E-state index in [1.165, 1.54) is 12.8 Å². The zero-order chi connectivity index (χ0) is 12.8. The Kier molecular flexibility index (Phi) is 7.34. The molecule has 1 fully saturated rings. The van der Waals surface area contributed by atoms with Crippen LogP contribution in [-0.4, -0.2) is 30.5 Å². The molecule has 0 radical (unpaired) electrons. The van der Waals surface area contributed by atoms with Crippen LogP contribution in [0.1, 0.15) is 29.8 Å². The van der Waals surface area contributed by atoms with Crippen LogP contribution in [0.2, 0.25) is 0 Å². The Morgan fingerprint density at radius 1 is 1.58 bits per heavy atom. The lowest BCUT2D eigenvalue weighted by molar-refractivity contribution is 0.0945. The Morgan fingerprint density at radius 2 is 2.42 bits per heavy atom. The number of hydrogen-bond acceptors (Lipinski definition) is 3. The first-order chi connectivity index (χ1) is 8.77. The molecule has 1 unspecified atom stereocenters. The number of nitrogens with one attached hydrogen (secondary N) is 2. The van der Waals surface area contributed by atoms with Gasteiger partial charge in [0.15, 0.2) is 0 Å². The van der Waals surface area contributed by atoms with Crippen LogP contribution in [0.25, 0.3) is 0 Å². The summed E-state index contributed by atoms with van der Waals surface area (Å²) in [4.78, 5) is 16.0. The Labute approximate surface area is 128 Å². The van der Waals surface area contributed by atoms with E-state index in [4.69, 9.17) is 0 Å². The van der Waals surface area contributed by atoms with E-state index in [9.17, 15) is 4.79 Å². The standard InChI is InChI=1S/C13H18BrN3O.ClH/c14-11-4-2-7-16-12(11)13(18)17-8-5-10-3-1-6-15-9-10;/h2,4,7,10,15H,1,3,5-6,8-9H2,(H,17,18);1H. The molecule has 106 valence electrons. The Balaban J connectivity index is 0.00000180. The van der Waals surface area contributed by atoms with Crippen molar-refractivity contribution in [2.75, 3.05) is 19.6 Å². The topological polar surface area (TPSA) is 54.0 Å². The molecule has 0 saturated carbocycles. The van der Waals surface area contributed by atoms with Crippen molar-refractivity contribution < 1.29 is 4.79 Å². The molecule has 1 aromatic rings. The second kappa shape index (κ2) is 8.51. The zero-order valence-electron chi connectivity index (χ0n) is 10.7. The highest BCUT2D eigenvalue weighted by molar-refractivity contribution is 9.10. The normalized spacial score (nSPS) is 18.5. The smallest absolute Gasteiger partial charge is 0.271 e. The van der Waals surface area contributed by atoms with Crippen molar-refractivity contribution in [3.63, 3.8) is 0 Å². The van der Waals surface area contributed by atoms with Gasteiger partial charge in [-0.15, -0.1) is 12.4 Å². The highest BCUT2D eigenvalue weighted by Crippen LogP contribution is 2.14. The van der Waals surface area contributed by atoms with E-state index in [1.54, 1.807) is 12.3 Å². The summed E-state index contributed by atoms with van der Waals surface area (Å²) in [5.41, 5.74) is 0.458. The predicted octanol–water partition coefficient (Wildman–Crippen LogP) is 2.39. The monoisotopic (exact) mass is 347 g/mol. The molecular formula is C13H19BrClN3O. The molecule has 0 bridgehead atoms. The van der Waals surface area contributed by atoms with Crippen LogP contribution in [0.5, 0.6) is 0 Å². The molecule has 1 atom stereocenters. The number of aromatic nitrogens is 1. The van der Waals surface area contributed by atoms with Crippen LogP contribution in [0.3, 0.4) is 0 Å². The fourth-order valence-corrected chi connectivity index (χ4v) is 2.63. The van der Waals surface area contributed by atoms with Crippen LogP contribution in [0.15, 0.2) is 22.8 Å². The van der Waals surface area contributed by atoms with Gasteiger partial charge >= 0.3 is 0 Å². The highest BCUT2D eigenvalue weighted by atomic mass is 79.9. The van der Waals surface area contributed by atoms with Gasteiger partial charge in [0.1, 0.15) is 5.69 Å². The molecule has 19 heavy (non-hydrogen) atoms. The SMILES string of the molecule is Cl.O=C(NCCC1CCCNC1)c1ncccc1Br. The van der Waals surface area contributed by atoms with Gasteiger partial charge in [-0.25, -0.2) is 4.98 Å². The maximum atomic E-state index is 11.9. The molecule has 1 amide bonds. The highest BCUT2D eigenvalue weighted by Gasteiger charge is 2.14. The molecule has 2 heterocycles. The average Bonchev–Trinajstić information content (AvgIpc) is 2.40. The van der Waals surface area contributed by atoms with Gasteiger partial charge in [0, 0.05) is 17.2 Å². The predicted molar refractivity (Wildman–Crippen MR) is 81.7 cm³/mol. The van der Waals surface area contributed by atoms with Gasteiger partial charge in [0.05, 0.1) is 0 Å². The number of hydrogen-bond donors (Lipinski definition) is 2. The molecule has 2 N–H and O–H groups in total. The minimum atomic E-state index is -0.105. The third kappa shape index (κ3) is 5.09. The number of halogens is 2. The summed E-state index contributed by atoms with van der Waals surface area (Å²) >= 11 is 3.33. The van der Waals surface area contributed by atoms with Crippen LogP contribution >= 0.6 is 28.3 Å². The Hall–Kier alpha value is -0.650. The fourth-order valence-electron chi connectivity index (χ4n) is 2.20. The summed E-state index contributed by atoms with van der Waals surface area (Å²) in [6.07, 6.45) is 5.16. The number of piperidine rings is 1. The third-order valence-corrected chi connectivity index (χ3v) is 3.85. The second-order valence-electron chi connectivity index (χ2n) is 4.59. The first kappa shape index (κ1) is 16.4. The first-order valence-electron chi connectivity index (χ1n) is 6.37. The number of pyridine rings is 1. The molecule has 4 nitrogen and oxygen atoms in total. The molecule has 0 spiro atoms. The minimum Gasteiger partial charge on any atom is -0.351 e. The van der Waals surface area contributed by atoms with Gasteiger partial charge < -0.3 is 10.6 Å². The van der Waals surface area contributed by atoms with E-state index in [2.05, 4.69) is 31.5 Å². The maximum absolute atomic E-state index is 11.9. The minimum absolute atomic E-state index is 0. The van der Waals surface area contributed by atoms with Crippen molar-refractivity contribution in [1.29, 1.82) is 0 Å². The lowest BCUT2D eigenvalue weighted by Gasteiger charge is -2.22. The summed E-state index contributed by atoms with van der Waals surface area (Å²) in [6, 6.07) is 3.63. The summed E-state index contributed by atoms with van der Waals surface area (Å²) in [7, 11) is 0. The van der Waals surface area contributed by atoms with Gasteiger partial charge in [-0.3, -0.25) is 4.79 Å². The largest absolute Gasteiger partial charge is 0.351 e. The van der Waals surface area contributed by atoms with E-state index in [-0.39, 0.29) is 18.3 Å². The molecular weight excluding hydrogens is 330 g/mol. The van der Waals surface area contributed by atoms with E-state index in [1.807, 2.05) is 6.07 Å². The van der Waals surface area contributed by atoms with Crippen molar-refractivity contribution in [3.05, 3.63) is 28.5 Å². The Morgan fingerprint density at radius 3 is 3.11 bits per heavy atom. The number of amides is 1. The molecule has 1 aliphatic rings. The third-order valence-electron chi connectivity index (χ3n) is 3.21. The van der Waals surface area contributed by atoms with Crippen molar-refractivity contribution in [2.24, 2.45) is 5.92 Å². The molecule has 0 aliphatic carbocycles. The summed E-state index contributed by atoms with van der Waals surface area (Å²) < 4.78 is 0.738. The van der Waals surface area contributed by atoms with Crippen LogP contribution in [0, 0.1) is 5.92 Å². The molecule has 1 saturated heterocycles. The van der Waals surface area contributed by atoms with Gasteiger partial charge in [-0.1, -0.05) is 0 Å². The van der Waals surface area contributed by atoms with E-state index >= 15 is 0 Å². The van der Waals surface area contributed by atoms with Crippen LogP contribution in [-0.2, 0) is 0 Å². The van der Waals surface area contributed by atoms with Gasteiger partial charge in [0.2, 0.25) is 0 Å². The first-order valence-corrected chi connectivity index (χ1v) is 7.16. The number of nitrogens with zero attached hydrogens (tertiary/aromatic N) is 1. The summed E-state index contributed by atoms with van der Waals surface area (Å²) in [6.45, 7) is 2.92. The van der Waals surface area contributed by atoms with Crippen LogP contribution in [0.4, 0.5) is 0 Å². The van der Waals surface area contributed by atoms with Gasteiger partial charge in [-0.05, 0) is 66.3 Å². The summed E-state index contributed by atoms with van der Waals surface area (Å²) in [5.74, 6) is 0.581. The molecule has 1 aromatic heterocycles. The van der Waals surface area contributed by atoms with Crippen molar-refractivity contribution in [2.45, 2.75) is 19.3 Å². The molecule has 2 rings (SSSR count). The van der Waals surface area contributed by atoms with E-state index in [0.29, 0.717) is 18.2 Å². The molecule has 0 aromatic carbocycles. The fraction of sp³-hybridized carbons (Fsp3) is 0.538. The lowest BCUT2D eigenvalue weighted by Crippen LogP contribution is -2.33. The number of carbonyl (C=O) groups is 1. The number of rotatable bonds is 4. The quantitative estimate of drug-likeness (QED) is 0.878. The average molecular weight is 349 g/mol.